The number of aliphatic hydroxyl groups is 2. The van der Waals surface area contributed by atoms with Crippen LogP contribution in [0.4, 0.5) is 0 Å². The van der Waals surface area contributed by atoms with Crippen LogP contribution in [0, 0.1) is 53.3 Å². The molecule has 5 amide bonds. The van der Waals surface area contributed by atoms with Gasteiger partial charge in [-0.15, -0.1) is 0 Å². The largest absolute Gasteiger partial charge is 0.480 e. The van der Waals surface area contributed by atoms with E-state index in [1.165, 1.54) is 56.9 Å². The molecule has 0 aromatic heterocycles. The third kappa shape index (κ3) is 12.1. The van der Waals surface area contributed by atoms with Gasteiger partial charge in [-0.25, -0.2) is 4.79 Å². The lowest BCUT2D eigenvalue weighted by Crippen LogP contribution is -2.57. The molecule has 4 bridgehead atoms. The Kier molecular flexibility index (Phi) is 16.6. The summed E-state index contributed by atoms with van der Waals surface area (Å²) in [5.74, 6) is -2.85. The number of carboxylic acids is 1. The maximum atomic E-state index is 13.8. The zero-order chi connectivity index (χ0) is 41.2. The lowest BCUT2D eigenvalue weighted by atomic mass is 9.64. The molecule has 14 heteroatoms. The van der Waals surface area contributed by atoms with E-state index in [9.17, 15) is 44.1 Å². The number of carbonyl (C=O) groups excluding carboxylic acids is 5. The van der Waals surface area contributed by atoms with E-state index in [1.807, 2.05) is 0 Å². The standard InChI is InChI=1S/C43H71N5O9/c1-4-5-6-26-7-10-28(11-8-26)29-12-14-30(15-13-29)41(54)44-22-25(2)40(53)46-24-38(52)48(3)39-31-16-18-36(50)33(21-31)32-19-27(9-17-35(32)49)20-34(43(56)57)47-37(51)23-45-42(39)55/h25-36,39,49-50H,4-24H2,1-3H3,(H,44,54)(H,45,55)(H,46,53)(H,47,51)(H,56,57). The lowest BCUT2D eigenvalue weighted by Gasteiger charge is -2.46. The van der Waals surface area contributed by atoms with E-state index in [0.717, 1.165) is 37.5 Å². The van der Waals surface area contributed by atoms with Crippen molar-refractivity contribution in [2.45, 2.75) is 154 Å². The second-order valence-corrected chi connectivity index (χ2v) is 18.5. The summed E-state index contributed by atoms with van der Waals surface area (Å²) >= 11 is 0. The summed E-state index contributed by atoms with van der Waals surface area (Å²) in [7, 11) is 1.48. The van der Waals surface area contributed by atoms with Crippen LogP contribution in [0.1, 0.15) is 129 Å². The summed E-state index contributed by atoms with van der Waals surface area (Å²) < 4.78 is 0. The Hall–Kier alpha value is -3.26. The smallest absolute Gasteiger partial charge is 0.326 e. The van der Waals surface area contributed by atoms with Crippen LogP contribution in [-0.2, 0) is 28.8 Å². The van der Waals surface area contributed by atoms with Gasteiger partial charge >= 0.3 is 5.97 Å². The molecule has 4 saturated carbocycles. The number of rotatable bonds is 12. The van der Waals surface area contributed by atoms with Crippen LogP contribution in [0.25, 0.3) is 0 Å². The molecule has 1 heterocycles. The van der Waals surface area contributed by atoms with Crippen molar-refractivity contribution in [1.82, 2.24) is 26.2 Å². The van der Waals surface area contributed by atoms with E-state index in [0.29, 0.717) is 44.4 Å². The van der Waals surface area contributed by atoms with Gasteiger partial charge in [-0.3, -0.25) is 24.0 Å². The van der Waals surface area contributed by atoms with Crippen LogP contribution in [-0.4, -0.2) is 107 Å². The van der Waals surface area contributed by atoms with Crippen LogP contribution in [0.3, 0.4) is 0 Å². The quantitative estimate of drug-likeness (QED) is 0.154. The first-order valence-corrected chi connectivity index (χ1v) is 22.2. The maximum Gasteiger partial charge on any atom is 0.326 e. The van der Waals surface area contributed by atoms with E-state index in [-0.39, 0.29) is 49.1 Å². The second-order valence-electron chi connectivity index (χ2n) is 18.5. The number of likely N-dealkylation sites (N-methyl/N-ethyl adjacent to an activating group) is 1. The molecule has 14 nitrogen and oxygen atoms in total. The summed E-state index contributed by atoms with van der Waals surface area (Å²) in [6, 6.07) is -2.21. The number of carbonyl (C=O) groups is 6. The summed E-state index contributed by atoms with van der Waals surface area (Å²) in [4.78, 5) is 79.8. The molecule has 4 aliphatic carbocycles. The van der Waals surface area contributed by atoms with E-state index < -0.39 is 72.3 Å². The average Bonchev–Trinajstić information content (AvgIpc) is 3.21. The fraction of sp³-hybridized carbons (Fsp3) is 0.860. The number of aliphatic carboxylic acids is 1. The van der Waals surface area contributed by atoms with Crippen molar-refractivity contribution in [1.29, 1.82) is 0 Å². The molecule has 0 spiro atoms. The summed E-state index contributed by atoms with van der Waals surface area (Å²) in [5, 5.41) is 42.8. The van der Waals surface area contributed by atoms with Gasteiger partial charge in [0, 0.05) is 19.5 Å². The zero-order valence-corrected chi connectivity index (χ0v) is 34.6. The van der Waals surface area contributed by atoms with Crippen LogP contribution < -0.4 is 21.3 Å². The van der Waals surface area contributed by atoms with Gasteiger partial charge in [0.1, 0.15) is 12.1 Å². The van der Waals surface area contributed by atoms with Crippen molar-refractivity contribution >= 4 is 35.5 Å². The first-order valence-electron chi connectivity index (χ1n) is 22.2. The van der Waals surface area contributed by atoms with Gasteiger partial charge in [0.15, 0.2) is 0 Å². The Morgan fingerprint density at radius 2 is 1.42 bits per heavy atom. The highest BCUT2D eigenvalue weighted by atomic mass is 16.4. The Morgan fingerprint density at radius 3 is 2.07 bits per heavy atom. The molecule has 7 N–H and O–H groups in total. The number of amides is 5. The topological polar surface area (TPSA) is 214 Å². The molecular weight excluding hydrogens is 730 g/mol. The third-order valence-electron chi connectivity index (χ3n) is 14.7. The minimum absolute atomic E-state index is 0.0219. The Labute approximate surface area is 338 Å². The van der Waals surface area contributed by atoms with E-state index in [1.54, 1.807) is 6.92 Å². The van der Waals surface area contributed by atoms with Gasteiger partial charge in [-0.05, 0) is 125 Å². The fourth-order valence-corrected chi connectivity index (χ4v) is 11.1. The molecule has 5 fully saturated rings. The number of aliphatic hydroxyl groups excluding tert-OH is 2. The molecule has 5 rings (SSSR count). The zero-order valence-electron chi connectivity index (χ0n) is 34.6. The number of hydrogen-bond donors (Lipinski definition) is 7. The Morgan fingerprint density at radius 1 is 0.807 bits per heavy atom. The van der Waals surface area contributed by atoms with Crippen LogP contribution in [0.5, 0.6) is 0 Å². The predicted molar refractivity (Wildman–Crippen MR) is 213 cm³/mol. The molecule has 0 radical (unpaired) electrons. The number of nitrogens with one attached hydrogen (secondary N) is 4. The third-order valence-corrected chi connectivity index (χ3v) is 14.7. The van der Waals surface area contributed by atoms with Gasteiger partial charge < -0.3 is 41.5 Å². The normalized spacial score (nSPS) is 35.7. The predicted octanol–water partition coefficient (Wildman–Crippen LogP) is 3.13. The molecule has 57 heavy (non-hydrogen) atoms. The van der Waals surface area contributed by atoms with Crippen molar-refractivity contribution < 1.29 is 44.1 Å². The van der Waals surface area contributed by atoms with Crippen molar-refractivity contribution in [2.75, 3.05) is 26.7 Å². The Balaban J connectivity index is 1.12. The minimum Gasteiger partial charge on any atom is -0.480 e. The molecule has 5 aliphatic rings. The number of unbranched alkanes of at least 4 members (excludes halogenated alkanes) is 1. The summed E-state index contributed by atoms with van der Waals surface area (Å²) in [6.45, 7) is 3.24. The van der Waals surface area contributed by atoms with E-state index in [2.05, 4.69) is 28.2 Å². The molecule has 9 atom stereocenters. The molecular formula is C43H71N5O9. The molecule has 1 saturated heterocycles. The first kappa shape index (κ1) is 44.8. The second kappa shape index (κ2) is 21.1. The molecule has 0 aromatic rings. The van der Waals surface area contributed by atoms with Crippen LogP contribution in [0.2, 0.25) is 0 Å². The summed E-state index contributed by atoms with van der Waals surface area (Å²) in [6.07, 6.45) is 14.6. The highest BCUT2D eigenvalue weighted by Gasteiger charge is 2.46. The molecule has 0 aromatic carbocycles. The number of hydrogen-bond acceptors (Lipinski definition) is 8. The highest BCUT2D eigenvalue weighted by Crippen LogP contribution is 2.45. The first-order chi connectivity index (χ1) is 27.2. The average molecular weight is 802 g/mol. The van der Waals surface area contributed by atoms with Gasteiger partial charge in [-0.1, -0.05) is 46.0 Å². The summed E-state index contributed by atoms with van der Waals surface area (Å²) in [5.41, 5.74) is 0. The van der Waals surface area contributed by atoms with E-state index in [4.69, 9.17) is 0 Å². The molecule has 322 valence electrons. The van der Waals surface area contributed by atoms with Crippen molar-refractivity contribution in [3.8, 4) is 0 Å². The monoisotopic (exact) mass is 802 g/mol. The molecule has 1 aliphatic heterocycles. The number of nitrogens with zero attached hydrogens (tertiary/aromatic N) is 1. The molecule has 9 unspecified atom stereocenters. The number of fused-ring (bicyclic) bond motifs is 5. The lowest BCUT2D eigenvalue weighted by molar-refractivity contribution is -0.145. The van der Waals surface area contributed by atoms with Crippen LogP contribution in [0.15, 0.2) is 0 Å². The van der Waals surface area contributed by atoms with Gasteiger partial charge in [0.05, 0.1) is 31.2 Å². The van der Waals surface area contributed by atoms with Gasteiger partial charge in [-0.2, -0.15) is 0 Å². The Bertz CT molecular complexity index is 1400. The maximum absolute atomic E-state index is 13.8. The SMILES string of the molecule is CCCCC1CCC(C2CCC(C(=O)NCC(C)C(=O)NCC(=O)N(C)C3C(=O)NCC(=O)NC(C(=O)O)CC4CCC(O)C(C4)C4CC3CCC4O)CC2)CC1. The van der Waals surface area contributed by atoms with Gasteiger partial charge in [0.25, 0.3) is 0 Å². The number of carboxylic acid groups (broad SMARTS) is 1. The van der Waals surface area contributed by atoms with E-state index >= 15 is 0 Å². The fourth-order valence-electron chi connectivity index (χ4n) is 11.1. The van der Waals surface area contributed by atoms with Gasteiger partial charge in [0.2, 0.25) is 29.5 Å². The van der Waals surface area contributed by atoms with Crippen LogP contribution >= 0.6 is 0 Å². The van der Waals surface area contributed by atoms with Crippen molar-refractivity contribution in [2.24, 2.45) is 53.3 Å². The van der Waals surface area contributed by atoms with Crippen molar-refractivity contribution in [3.63, 3.8) is 0 Å². The van der Waals surface area contributed by atoms with Crippen molar-refractivity contribution in [3.05, 3.63) is 0 Å². The highest BCUT2D eigenvalue weighted by molar-refractivity contribution is 5.93. The minimum atomic E-state index is -1.19.